The van der Waals surface area contributed by atoms with Gasteiger partial charge in [0.05, 0.1) is 13.2 Å². The predicted octanol–water partition coefficient (Wildman–Crippen LogP) is 11.3. The van der Waals surface area contributed by atoms with Crippen LogP contribution in [0.15, 0.2) is 60.7 Å². The van der Waals surface area contributed by atoms with Gasteiger partial charge in [0.15, 0.2) is 0 Å². The molecule has 0 bridgehead atoms. The quantitative estimate of drug-likeness (QED) is 0.0860. The third-order valence-corrected chi connectivity index (χ3v) is 8.02. The van der Waals surface area contributed by atoms with Crippen molar-refractivity contribution in [2.75, 3.05) is 13.2 Å². The summed E-state index contributed by atoms with van der Waals surface area (Å²) >= 11 is 0. The number of para-hydroxylation sites is 2. The Labute approximate surface area is 253 Å². The second-order valence-electron chi connectivity index (χ2n) is 10.3. The lowest BCUT2D eigenvalue weighted by Crippen LogP contribution is -2.01. The smallest absolute Gasteiger partial charge is 0.418 e. The topological polar surface area (TPSA) is 77.4 Å². The van der Waals surface area contributed by atoms with Crippen LogP contribution in [0.4, 0.5) is 0 Å². The molecule has 0 aromatic heterocycles. The lowest BCUT2D eigenvalue weighted by Gasteiger charge is -2.17. The van der Waals surface area contributed by atoms with E-state index in [4.69, 9.17) is 27.9 Å². The molecule has 2 aromatic rings. The van der Waals surface area contributed by atoms with Gasteiger partial charge in [0.2, 0.25) is 0 Å². The van der Waals surface area contributed by atoms with E-state index in [1.165, 1.54) is 89.9 Å². The average Bonchev–Trinajstić information content (AvgIpc) is 2.98. The minimum Gasteiger partial charge on any atom is -0.418 e. The number of rotatable bonds is 25. The van der Waals surface area contributed by atoms with Crippen molar-refractivity contribution < 1.29 is 27.9 Å². The summed E-state index contributed by atoms with van der Waals surface area (Å²) in [5.74, 6) is 1.53. The molecular weight excluding hydrogens is 554 g/mol. The molecule has 0 amide bonds. The van der Waals surface area contributed by atoms with Crippen LogP contribution in [0, 0.1) is 0 Å². The van der Waals surface area contributed by atoms with Crippen LogP contribution in [0.1, 0.15) is 123 Å². The van der Waals surface area contributed by atoms with Crippen molar-refractivity contribution in [2.24, 2.45) is 0 Å². The molecule has 0 atom stereocenters. The molecule has 234 valence electrons. The average molecular weight is 611 g/mol. The van der Waals surface area contributed by atoms with Crippen LogP contribution in [-0.2, 0) is 9.05 Å². The SMILES string of the molecule is CCCCCCCCCCCCCOP(O)O.CCCCCCCCOP(Oc1ccccc1)Oc1ccccc1. The summed E-state index contributed by atoms with van der Waals surface area (Å²) in [7, 11) is -3.58. The van der Waals surface area contributed by atoms with E-state index in [1.54, 1.807) is 0 Å². The molecule has 0 heterocycles. The molecule has 8 heteroatoms. The van der Waals surface area contributed by atoms with Crippen molar-refractivity contribution in [1.82, 2.24) is 0 Å². The van der Waals surface area contributed by atoms with E-state index < -0.39 is 17.2 Å². The van der Waals surface area contributed by atoms with E-state index in [0.717, 1.165) is 30.8 Å². The normalized spacial score (nSPS) is 11.0. The first-order valence-corrected chi connectivity index (χ1v) is 18.1. The first-order valence-electron chi connectivity index (χ1n) is 15.9. The van der Waals surface area contributed by atoms with Crippen molar-refractivity contribution in [3.8, 4) is 11.5 Å². The summed E-state index contributed by atoms with van der Waals surface area (Å²) < 4.78 is 22.3. The molecule has 41 heavy (non-hydrogen) atoms. The number of benzene rings is 2. The Morgan fingerprint density at radius 3 is 1.17 bits per heavy atom. The van der Waals surface area contributed by atoms with Gasteiger partial charge in [-0.1, -0.05) is 147 Å². The largest absolute Gasteiger partial charge is 0.463 e. The predicted molar refractivity (Wildman–Crippen MR) is 174 cm³/mol. The van der Waals surface area contributed by atoms with Gasteiger partial charge in [0, 0.05) is 0 Å². The fourth-order valence-electron chi connectivity index (χ4n) is 4.14. The van der Waals surface area contributed by atoms with Gasteiger partial charge in [-0.15, -0.1) is 0 Å². The highest BCUT2D eigenvalue weighted by Crippen LogP contribution is 2.41. The summed E-state index contributed by atoms with van der Waals surface area (Å²) in [6, 6.07) is 19.4. The maximum absolute atomic E-state index is 8.51. The summed E-state index contributed by atoms with van der Waals surface area (Å²) in [6.07, 6.45) is 21.7. The van der Waals surface area contributed by atoms with Crippen LogP contribution in [0.25, 0.3) is 0 Å². The van der Waals surface area contributed by atoms with Crippen LogP contribution >= 0.6 is 17.2 Å². The third kappa shape index (κ3) is 25.0. The highest BCUT2D eigenvalue weighted by Gasteiger charge is 2.16. The van der Waals surface area contributed by atoms with Gasteiger partial charge < -0.3 is 23.4 Å². The van der Waals surface area contributed by atoms with Crippen molar-refractivity contribution >= 4 is 17.2 Å². The molecule has 0 aliphatic carbocycles. The molecule has 0 saturated carbocycles. The molecule has 0 radical (unpaired) electrons. The van der Waals surface area contributed by atoms with Gasteiger partial charge in [-0.05, 0) is 37.1 Å². The van der Waals surface area contributed by atoms with E-state index in [-0.39, 0.29) is 0 Å². The first kappa shape index (κ1) is 37.8. The molecule has 0 saturated heterocycles. The highest BCUT2D eigenvalue weighted by atomic mass is 31.2. The van der Waals surface area contributed by atoms with Crippen molar-refractivity contribution in [1.29, 1.82) is 0 Å². The van der Waals surface area contributed by atoms with Gasteiger partial charge >= 0.3 is 17.2 Å². The molecule has 2 aromatic carbocycles. The van der Waals surface area contributed by atoms with Crippen LogP contribution < -0.4 is 9.05 Å². The Bertz CT molecular complexity index is 740. The summed E-state index contributed by atoms with van der Waals surface area (Å²) in [4.78, 5) is 17.0. The maximum atomic E-state index is 8.51. The number of hydrogen-bond donors (Lipinski definition) is 2. The minimum absolute atomic E-state index is 0.482. The van der Waals surface area contributed by atoms with Crippen LogP contribution in [0.2, 0.25) is 0 Å². The third-order valence-electron chi connectivity index (χ3n) is 6.50. The molecule has 0 fully saturated rings. The molecule has 0 spiro atoms. The minimum atomic E-state index is -2.14. The standard InChI is InChI=1S/C20H27O3P.C13H29O3P/c1-2-3-4-5-6-13-18-21-24(22-19-14-9-7-10-15-19)23-20-16-11-8-12-17-20;1-2-3-4-5-6-7-8-9-10-11-12-13-16-17(14)15/h7-12,14-17H,2-6,13,18H2,1H3;14-15H,2-13H2,1H3. The van der Waals surface area contributed by atoms with Gasteiger partial charge in [0.1, 0.15) is 11.5 Å². The van der Waals surface area contributed by atoms with Crippen LogP contribution in [0.5, 0.6) is 11.5 Å². The summed E-state index contributed by atoms with van der Waals surface area (Å²) in [6.45, 7) is 5.63. The number of hydrogen-bond acceptors (Lipinski definition) is 6. The molecule has 6 nitrogen and oxygen atoms in total. The highest BCUT2D eigenvalue weighted by molar-refractivity contribution is 7.42. The fraction of sp³-hybridized carbons (Fsp3) is 0.636. The lowest BCUT2D eigenvalue weighted by atomic mass is 10.1. The summed E-state index contributed by atoms with van der Waals surface area (Å²) in [5, 5.41) is 0. The molecular formula is C33H56O6P2. The molecule has 0 aliphatic heterocycles. The van der Waals surface area contributed by atoms with Gasteiger partial charge in [-0.3, -0.25) is 4.52 Å². The van der Waals surface area contributed by atoms with E-state index in [9.17, 15) is 0 Å². The molecule has 2 rings (SSSR count). The Morgan fingerprint density at radius 2 is 0.805 bits per heavy atom. The van der Waals surface area contributed by atoms with E-state index in [2.05, 4.69) is 13.8 Å². The number of unbranched alkanes of at least 4 members (excludes halogenated alkanes) is 15. The maximum Gasteiger partial charge on any atom is 0.463 e. The Morgan fingerprint density at radius 1 is 0.463 bits per heavy atom. The van der Waals surface area contributed by atoms with Crippen molar-refractivity contribution in [3.63, 3.8) is 0 Å². The van der Waals surface area contributed by atoms with Gasteiger partial charge in [-0.25, -0.2) is 0 Å². The van der Waals surface area contributed by atoms with Crippen molar-refractivity contribution in [3.05, 3.63) is 60.7 Å². The Kier molecular flexibility index (Phi) is 26.6. The van der Waals surface area contributed by atoms with E-state index >= 15 is 0 Å². The zero-order valence-electron chi connectivity index (χ0n) is 25.6. The van der Waals surface area contributed by atoms with E-state index in [1.807, 2.05) is 60.7 Å². The molecule has 2 N–H and O–H groups in total. The van der Waals surface area contributed by atoms with E-state index in [0.29, 0.717) is 13.2 Å². The first-order chi connectivity index (χ1) is 20.2. The van der Waals surface area contributed by atoms with Crippen LogP contribution in [0.3, 0.4) is 0 Å². The van der Waals surface area contributed by atoms with Crippen LogP contribution in [-0.4, -0.2) is 23.0 Å². The summed E-state index contributed by atoms with van der Waals surface area (Å²) in [5.41, 5.74) is 0. The Balaban J connectivity index is 0.000000438. The second kappa shape index (κ2) is 28.8. The molecule has 0 unspecified atom stereocenters. The van der Waals surface area contributed by atoms with Crippen molar-refractivity contribution in [2.45, 2.75) is 123 Å². The molecule has 0 aliphatic rings. The second-order valence-corrected chi connectivity index (χ2v) is 12.1. The lowest BCUT2D eigenvalue weighted by molar-refractivity contribution is 0.248. The Hall–Kier alpha value is -1.26. The fourth-order valence-corrected chi connectivity index (χ4v) is 5.44. The van der Waals surface area contributed by atoms with Gasteiger partial charge in [0.25, 0.3) is 0 Å². The van der Waals surface area contributed by atoms with Gasteiger partial charge in [-0.2, -0.15) is 0 Å². The zero-order valence-corrected chi connectivity index (χ0v) is 27.4. The monoisotopic (exact) mass is 610 g/mol. The zero-order chi connectivity index (χ0) is 29.6.